The second-order valence-electron chi connectivity index (χ2n) is 4.86. The molecule has 19 heavy (non-hydrogen) atoms. The van der Waals surface area contributed by atoms with Gasteiger partial charge in [-0.1, -0.05) is 54.1 Å². The van der Waals surface area contributed by atoms with Gasteiger partial charge in [-0.25, -0.2) is 0 Å². The third kappa shape index (κ3) is 1.95. The largest absolute Gasteiger partial charge is 0.507 e. The van der Waals surface area contributed by atoms with E-state index in [0.29, 0.717) is 23.1 Å². The normalized spacial score (nSPS) is 16.4. The Hall–Kier alpha value is -2.35. The van der Waals surface area contributed by atoms with Crippen molar-refractivity contribution in [2.24, 2.45) is 0 Å². The van der Waals surface area contributed by atoms with Crippen LogP contribution in [0.3, 0.4) is 0 Å². The van der Waals surface area contributed by atoms with Crippen molar-refractivity contribution in [3.05, 3.63) is 76.4 Å². The van der Waals surface area contributed by atoms with Gasteiger partial charge in [0.15, 0.2) is 5.78 Å². The lowest BCUT2D eigenvalue weighted by Crippen LogP contribution is -2.00. The molecule has 0 amide bonds. The molecule has 2 aromatic carbocycles. The Kier molecular flexibility index (Phi) is 2.71. The molecule has 0 saturated carbocycles. The monoisotopic (exact) mass is 250 g/mol. The average Bonchev–Trinajstić information content (AvgIpc) is 2.77. The number of ketones is 1. The molecule has 1 aliphatic rings. The standard InChI is InChI=1S/C17H14O2/c1-11-6-8-12(9-7-11)16(18)15-10-13-4-2-3-5-14(13)17(15)19/h2-9,18H,10H2,1H3/b16-15+. The molecule has 0 heterocycles. The second-order valence-corrected chi connectivity index (χ2v) is 4.86. The summed E-state index contributed by atoms with van der Waals surface area (Å²) >= 11 is 0. The number of rotatable bonds is 1. The minimum atomic E-state index is -0.0614. The Bertz CT molecular complexity index is 679. The van der Waals surface area contributed by atoms with Crippen LogP contribution in [0.15, 0.2) is 54.1 Å². The van der Waals surface area contributed by atoms with Crippen LogP contribution in [0.25, 0.3) is 5.76 Å². The zero-order valence-corrected chi connectivity index (χ0v) is 10.7. The lowest BCUT2D eigenvalue weighted by atomic mass is 10.0. The molecule has 0 fully saturated rings. The van der Waals surface area contributed by atoms with Crippen molar-refractivity contribution < 1.29 is 9.90 Å². The van der Waals surface area contributed by atoms with Gasteiger partial charge in [-0.3, -0.25) is 4.79 Å². The Labute approximate surface area is 112 Å². The SMILES string of the molecule is Cc1ccc(/C(O)=C2/Cc3ccccc3C2=O)cc1. The van der Waals surface area contributed by atoms with Crippen LogP contribution in [0.1, 0.15) is 27.0 Å². The van der Waals surface area contributed by atoms with Gasteiger partial charge >= 0.3 is 0 Å². The van der Waals surface area contributed by atoms with Gasteiger partial charge < -0.3 is 5.11 Å². The third-order valence-corrected chi connectivity index (χ3v) is 3.51. The van der Waals surface area contributed by atoms with Crippen molar-refractivity contribution in [3.63, 3.8) is 0 Å². The van der Waals surface area contributed by atoms with E-state index in [2.05, 4.69) is 0 Å². The van der Waals surface area contributed by atoms with E-state index in [9.17, 15) is 9.90 Å². The van der Waals surface area contributed by atoms with Crippen LogP contribution in [-0.2, 0) is 6.42 Å². The quantitative estimate of drug-likeness (QED) is 0.619. The Balaban J connectivity index is 2.06. The average molecular weight is 250 g/mol. The molecule has 0 unspecified atom stereocenters. The van der Waals surface area contributed by atoms with Gasteiger partial charge in [0.05, 0.1) is 0 Å². The minimum Gasteiger partial charge on any atom is -0.507 e. The number of fused-ring (bicyclic) bond motifs is 1. The van der Waals surface area contributed by atoms with E-state index >= 15 is 0 Å². The number of carbonyl (C=O) groups is 1. The summed E-state index contributed by atoms with van der Waals surface area (Å²) < 4.78 is 0. The number of aliphatic hydroxyl groups is 1. The predicted molar refractivity (Wildman–Crippen MR) is 75.2 cm³/mol. The summed E-state index contributed by atoms with van der Waals surface area (Å²) in [6, 6.07) is 15.1. The van der Waals surface area contributed by atoms with Gasteiger partial charge in [-0.05, 0) is 12.5 Å². The van der Waals surface area contributed by atoms with Gasteiger partial charge in [0.25, 0.3) is 0 Å². The van der Waals surface area contributed by atoms with E-state index in [1.807, 2.05) is 55.5 Å². The van der Waals surface area contributed by atoms with E-state index in [1.165, 1.54) is 0 Å². The van der Waals surface area contributed by atoms with E-state index in [0.717, 1.165) is 11.1 Å². The van der Waals surface area contributed by atoms with Crippen LogP contribution in [-0.4, -0.2) is 10.9 Å². The Morgan fingerprint density at radius 2 is 1.74 bits per heavy atom. The molecule has 0 bridgehead atoms. The summed E-state index contributed by atoms with van der Waals surface area (Å²) in [4.78, 5) is 12.3. The van der Waals surface area contributed by atoms with E-state index in [4.69, 9.17) is 0 Å². The Morgan fingerprint density at radius 3 is 2.42 bits per heavy atom. The van der Waals surface area contributed by atoms with Crippen LogP contribution in [0.2, 0.25) is 0 Å². The summed E-state index contributed by atoms with van der Waals surface area (Å²) in [6.45, 7) is 1.99. The van der Waals surface area contributed by atoms with Crippen molar-refractivity contribution in [2.45, 2.75) is 13.3 Å². The number of aryl methyl sites for hydroxylation is 1. The van der Waals surface area contributed by atoms with Crippen LogP contribution in [0, 0.1) is 6.92 Å². The molecule has 1 N–H and O–H groups in total. The van der Waals surface area contributed by atoms with Gasteiger partial charge in [0.2, 0.25) is 0 Å². The molecule has 2 aromatic rings. The maximum atomic E-state index is 12.3. The highest BCUT2D eigenvalue weighted by molar-refractivity contribution is 6.16. The van der Waals surface area contributed by atoms with Crippen LogP contribution < -0.4 is 0 Å². The van der Waals surface area contributed by atoms with Crippen LogP contribution in [0.4, 0.5) is 0 Å². The maximum Gasteiger partial charge on any atom is 0.193 e. The number of hydrogen-bond donors (Lipinski definition) is 1. The fourth-order valence-corrected chi connectivity index (χ4v) is 2.41. The highest BCUT2D eigenvalue weighted by atomic mass is 16.3. The summed E-state index contributed by atoms with van der Waals surface area (Å²) in [7, 11) is 0. The smallest absolute Gasteiger partial charge is 0.193 e. The van der Waals surface area contributed by atoms with Crippen LogP contribution >= 0.6 is 0 Å². The summed E-state index contributed by atoms with van der Waals surface area (Å²) in [6.07, 6.45) is 0.509. The zero-order valence-electron chi connectivity index (χ0n) is 10.7. The highest BCUT2D eigenvalue weighted by Gasteiger charge is 2.27. The van der Waals surface area contributed by atoms with Gasteiger partial charge in [0.1, 0.15) is 5.76 Å². The van der Waals surface area contributed by atoms with E-state index in [-0.39, 0.29) is 11.5 Å². The van der Waals surface area contributed by atoms with Crippen LogP contribution in [0.5, 0.6) is 0 Å². The van der Waals surface area contributed by atoms with Crippen molar-refractivity contribution in [2.75, 3.05) is 0 Å². The van der Waals surface area contributed by atoms with Crippen molar-refractivity contribution in [3.8, 4) is 0 Å². The topological polar surface area (TPSA) is 37.3 Å². The number of aliphatic hydroxyl groups excluding tert-OH is 1. The lowest BCUT2D eigenvalue weighted by Gasteiger charge is -2.04. The Morgan fingerprint density at radius 1 is 1.05 bits per heavy atom. The minimum absolute atomic E-state index is 0.0614. The van der Waals surface area contributed by atoms with E-state index in [1.54, 1.807) is 0 Å². The van der Waals surface area contributed by atoms with E-state index < -0.39 is 0 Å². The molecule has 94 valence electrons. The summed E-state index contributed by atoms with van der Waals surface area (Å²) in [5.41, 5.74) is 4.01. The second kappa shape index (κ2) is 4.39. The number of benzene rings is 2. The molecular weight excluding hydrogens is 236 g/mol. The van der Waals surface area contributed by atoms with Crippen molar-refractivity contribution in [1.82, 2.24) is 0 Å². The number of carbonyl (C=O) groups excluding carboxylic acids is 1. The number of allylic oxidation sites excluding steroid dienone is 1. The molecule has 0 radical (unpaired) electrons. The summed E-state index contributed by atoms with van der Waals surface area (Å²) in [5, 5.41) is 10.3. The summed E-state index contributed by atoms with van der Waals surface area (Å²) in [5.74, 6) is 0.0369. The first-order valence-electron chi connectivity index (χ1n) is 6.28. The first-order valence-corrected chi connectivity index (χ1v) is 6.28. The number of hydrogen-bond acceptors (Lipinski definition) is 2. The maximum absolute atomic E-state index is 12.3. The van der Waals surface area contributed by atoms with Gasteiger partial charge in [-0.15, -0.1) is 0 Å². The molecule has 0 spiro atoms. The molecule has 0 atom stereocenters. The fourth-order valence-electron chi connectivity index (χ4n) is 2.41. The van der Waals surface area contributed by atoms with Crippen molar-refractivity contribution in [1.29, 1.82) is 0 Å². The fraction of sp³-hybridized carbons (Fsp3) is 0.118. The molecule has 0 aromatic heterocycles. The molecule has 2 heteroatoms. The number of Topliss-reactive ketones (excluding diaryl/α,β-unsaturated/α-hetero) is 1. The first kappa shape index (κ1) is 11.7. The zero-order chi connectivity index (χ0) is 13.4. The highest BCUT2D eigenvalue weighted by Crippen LogP contribution is 2.30. The third-order valence-electron chi connectivity index (χ3n) is 3.51. The molecule has 2 nitrogen and oxygen atoms in total. The first-order chi connectivity index (χ1) is 9.16. The van der Waals surface area contributed by atoms with Crippen molar-refractivity contribution >= 4 is 11.5 Å². The molecule has 0 saturated heterocycles. The van der Waals surface area contributed by atoms with Gasteiger partial charge in [0, 0.05) is 23.1 Å². The lowest BCUT2D eigenvalue weighted by molar-refractivity contribution is 0.103. The predicted octanol–water partition coefficient (Wildman–Crippen LogP) is 3.70. The molecule has 0 aliphatic heterocycles. The molecular formula is C17H14O2. The van der Waals surface area contributed by atoms with Gasteiger partial charge in [-0.2, -0.15) is 0 Å². The molecule has 3 rings (SSSR count). The molecule has 1 aliphatic carbocycles.